The summed E-state index contributed by atoms with van der Waals surface area (Å²) in [5.74, 6) is 0.894. The number of nitrogens with zero attached hydrogens (tertiary/aromatic N) is 2. The predicted molar refractivity (Wildman–Crippen MR) is 125 cm³/mol. The Hall–Kier alpha value is -3.02. The fourth-order valence-electron chi connectivity index (χ4n) is 3.93. The van der Waals surface area contributed by atoms with Gasteiger partial charge in [0.1, 0.15) is 5.75 Å². The summed E-state index contributed by atoms with van der Waals surface area (Å²) in [5.41, 5.74) is 13.1. The lowest BCUT2D eigenvalue weighted by molar-refractivity contribution is 0.336. The van der Waals surface area contributed by atoms with Crippen molar-refractivity contribution in [2.24, 2.45) is 5.73 Å². The monoisotopic (exact) mass is 402 g/mol. The van der Waals surface area contributed by atoms with Gasteiger partial charge >= 0.3 is 0 Å². The third-order valence-electron chi connectivity index (χ3n) is 5.56. The van der Waals surface area contributed by atoms with Gasteiger partial charge in [-0.1, -0.05) is 42.5 Å². The average Bonchev–Trinajstić information content (AvgIpc) is 3.16. The van der Waals surface area contributed by atoms with Gasteiger partial charge in [0.25, 0.3) is 0 Å². The van der Waals surface area contributed by atoms with E-state index in [1.54, 1.807) is 7.11 Å². The third-order valence-corrected chi connectivity index (χ3v) is 5.56. The van der Waals surface area contributed by atoms with Crippen molar-refractivity contribution < 1.29 is 4.74 Å². The van der Waals surface area contributed by atoms with Gasteiger partial charge in [-0.05, 0) is 53.6 Å². The van der Waals surface area contributed by atoms with Crippen molar-refractivity contribution in [3.05, 3.63) is 77.9 Å². The number of nitrogens with two attached hydrogens (primary N) is 1. The molecule has 0 amide bonds. The van der Waals surface area contributed by atoms with Gasteiger partial charge in [0.2, 0.25) is 0 Å². The van der Waals surface area contributed by atoms with Crippen LogP contribution in [0.25, 0.3) is 11.1 Å². The Labute approximate surface area is 179 Å². The molecule has 5 heteroatoms. The zero-order chi connectivity index (χ0) is 20.9. The van der Waals surface area contributed by atoms with Crippen LogP contribution in [0.4, 0.5) is 11.4 Å². The van der Waals surface area contributed by atoms with E-state index in [1.165, 1.54) is 33.6 Å². The van der Waals surface area contributed by atoms with Crippen molar-refractivity contribution in [3.8, 4) is 16.9 Å². The van der Waals surface area contributed by atoms with Crippen LogP contribution >= 0.6 is 0 Å². The molecule has 0 aromatic heterocycles. The summed E-state index contributed by atoms with van der Waals surface area (Å²) in [4.78, 5) is 4.61. The lowest BCUT2D eigenvalue weighted by Gasteiger charge is -2.19. The summed E-state index contributed by atoms with van der Waals surface area (Å²) in [6, 6.07) is 23.8. The molecule has 0 radical (unpaired) electrons. The van der Waals surface area contributed by atoms with E-state index in [-0.39, 0.29) is 0 Å². The van der Waals surface area contributed by atoms with E-state index >= 15 is 0 Å². The predicted octanol–water partition coefficient (Wildman–Crippen LogP) is 4.14. The molecule has 3 N–H and O–H groups in total. The maximum atomic E-state index is 5.65. The summed E-state index contributed by atoms with van der Waals surface area (Å²) in [6.07, 6.45) is 0. The molecule has 0 aliphatic carbocycles. The van der Waals surface area contributed by atoms with E-state index in [0.29, 0.717) is 6.54 Å². The summed E-state index contributed by atoms with van der Waals surface area (Å²) in [6.45, 7) is 4.15. The number of hydrogen-bond donors (Lipinski definition) is 2. The second kappa shape index (κ2) is 9.20. The lowest BCUT2D eigenvalue weighted by atomic mass is 10.0. The van der Waals surface area contributed by atoms with Crippen molar-refractivity contribution in [2.75, 3.05) is 44.1 Å². The number of ether oxygens (including phenoxy) is 1. The van der Waals surface area contributed by atoms with Crippen molar-refractivity contribution in [2.45, 2.75) is 13.1 Å². The molecule has 0 atom stereocenters. The molecule has 3 aromatic rings. The van der Waals surface area contributed by atoms with Crippen LogP contribution in [0.15, 0.2) is 66.7 Å². The number of methoxy groups -OCH3 is 1. The second-order valence-electron chi connectivity index (χ2n) is 7.84. The zero-order valence-electron chi connectivity index (χ0n) is 17.8. The Morgan fingerprint density at radius 3 is 2.57 bits per heavy atom. The number of hydrogen-bond acceptors (Lipinski definition) is 5. The lowest BCUT2D eigenvalue weighted by Crippen LogP contribution is -2.24. The molecule has 0 saturated carbocycles. The van der Waals surface area contributed by atoms with Crippen LogP contribution in [-0.4, -0.2) is 38.8 Å². The van der Waals surface area contributed by atoms with E-state index in [0.717, 1.165) is 32.1 Å². The molecule has 0 unspecified atom stereocenters. The minimum atomic E-state index is 0.685. The topological polar surface area (TPSA) is 53.8 Å². The SMILES string of the molecule is COc1cccc(CN2CNc3ccc(-c4ccc(CN(C)CCN)cc4)cc32)c1. The summed E-state index contributed by atoms with van der Waals surface area (Å²) >= 11 is 0. The first kappa shape index (κ1) is 20.3. The van der Waals surface area contributed by atoms with Crippen LogP contribution in [0.2, 0.25) is 0 Å². The maximum Gasteiger partial charge on any atom is 0.119 e. The molecule has 156 valence electrons. The third kappa shape index (κ3) is 4.58. The van der Waals surface area contributed by atoms with Crippen molar-refractivity contribution in [3.63, 3.8) is 0 Å². The second-order valence-corrected chi connectivity index (χ2v) is 7.84. The molecule has 0 bridgehead atoms. The fraction of sp³-hybridized carbons (Fsp3) is 0.280. The highest BCUT2D eigenvalue weighted by molar-refractivity contribution is 5.81. The molecule has 5 nitrogen and oxygen atoms in total. The number of fused-ring (bicyclic) bond motifs is 1. The number of nitrogens with one attached hydrogen (secondary N) is 1. The van der Waals surface area contributed by atoms with Crippen molar-refractivity contribution in [1.82, 2.24) is 4.90 Å². The summed E-state index contributed by atoms with van der Waals surface area (Å²) in [7, 11) is 3.81. The Morgan fingerprint density at radius 1 is 1.00 bits per heavy atom. The number of benzene rings is 3. The van der Waals surface area contributed by atoms with E-state index in [2.05, 4.69) is 76.8 Å². The average molecular weight is 403 g/mol. The van der Waals surface area contributed by atoms with Gasteiger partial charge in [-0.25, -0.2) is 0 Å². The number of anilines is 2. The van der Waals surface area contributed by atoms with Gasteiger partial charge in [-0.2, -0.15) is 0 Å². The van der Waals surface area contributed by atoms with Crippen molar-refractivity contribution in [1.29, 1.82) is 0 Å². The van der Waals surface area contributed by atoms with E-state index in [1.807, 2.05) is 12.1 Å². The quantitative estimate of drug-likeness (QED) is 0.593. The molecule has 1 heterocycles. The van der Waals surface area contributed by atoms with Crippen molar-refractivity contribution >= 4 is 11.4 Å². The van der Waals surface area contributed by atoms with E-state index < -0.39 is 0 Å². The molecule has 0 spiro atoms. The highest BCUT2D eigenvalue weighted by Crippen LogP contribution is 2.36. The summed E-state index contributed by atoms with van der Waals surface area (Å²) < 4.78 is 5.37. The van der Waals surface area contributed by atoms with Gasteiger partial charge in [-0.15, -0.1) is 0 Å². The van der Waals surface area contributed by atoms with E-state index in [4.69, 9.17) is 10.5 Å². The Morgan fingerprint density at radius 2 is 1.80 bits per heavy atom. The molecule has 1 aliphatic rings. The molecule has 4 rings (SSSR count). The van der Waals surface area contributed by atoms with Crippen LogP contribution in [0.1, 0.15) is 11.1 Å². The standard InChI is InChI=1S/C25H30N4O/c1-28(13-12-26)16-19-6-8-21(9-7-19)22-10-11-24-25(15-22)29(18-27-24)17-20-4-3-5-23(14-20)30-2/h3-11,14-15,27H,12-13,16-18,26H2,1-2H3. The zero-order valence-corrected chi connectivity index (χ0v) is 17.8. The molecule has 0 fully saturated rings. The molecule has 1 aliphatic heterocycles. The minimum absolute atomic E-state index is 0.685. The Bertz CT molecular complexity index is 987. The molecule has 3 aromatic carbocycles. The number of rotatable bonds is 8. The molecular formula is C25H30N4O. The van der Waals surface area contributed by atoms with Crippen LogP contribution in [0.3, 0.4) is 0 Å². The fourth-order valence-corrected chi connectivity index (χ4v) is 3.93. The molecule has 0 saturated heterocycles. The Balaban J connectivity index is 1.51. The highest BCUT2D eigenvalue weighted by Gasteiger charge is 2.19. The first-order chi connectivity index (χ1) is 14.7. The Kier molecular flexibility index (Phi) is 6.21. The smallest absolute Gasteiger partial charge is 0.119 e. The first-order valence-electron chi connectivity index (χ1n) is 10.4. The van der Waals surface area contributed by atoms with Gasteiger partial charge < -0.3 is 25.6 Å². The first-order valence-corrected chi connectivity index (χ1v) is 10.4. The largest absolute Gasteiger partial charge is 0.497 e. The highest BCUT2D eigenvalue weighted by atomic mass is 16.5. The molecule has 30 heavy (non-hydrogen) atoms. The van der Waals surface area contributed by atoms with E-state index in [9.17, 15) is 0 Å². The van der Waals surface area contributed by atoms with Crippen LogP contribution in [-0.2, 0) is 13.1 Å². The normalized spacial score (nSPS) is 12.7. The van der Waals surface area contributed by atoms with Crippen LogP contribution in [0.5, 0.6) is 5.75 Å². The number of likely N-dealkylation sites (N-methyl/N-ethyl adjacent to an activating group) is 1. The summed E-state index contributed by atoms with van der Waals surface area (Å²) in [5, 5.41) is 3.50. The van der Waals surface area contributed by atoms with Gasteiger partial charge in [-0.3, -0.25) is 0 Å². The van der Waals surface area contributed by atoms with Gasteiger partial charge in [0.15, 0.2) is 0 Å². The van der Waals surface area contributed by atoms with Crippen LogP contribution < -0.4 is 20.7 Å². The van der Waals surface area contributed by atoms with Crippen LogP contribution in [0, 0.1) is 0 Å². The minimum Gasteiger partial charge on any atom is -0.497 e. The van der Waals surface area contributed by atoms with Gasteiger partial charge in [0, 0.05) is 26.2 Å². The molecular weight excluding hydrogens is 372 g/mol. The van der Waals surface area contributed by atoms with Gasteiger partial charge in [0.05, 0.1) is 25.2 Å². The maximum absolute atomic E-state index is 5.65.